The van der Waals surface area contributed by atoms with Gasteiger partial charge in [-0.15, -0.1) is 0 Å². The fourth-order valence-electron chi connectivity index (χ4n) is 1.94. The van der Waals surface area contributed by atoms with E-state index in [0.717, 1.165) is 32.4 Å². The fourth-order valence-corrected chi connectivity index (χ4v) is 1.94. The van der Waals surface area contributed by atoms with E-state index in [9.17, 15) is 9.59 Å². The molecule has 0 saturated carbocycles. The Kier molecular flexibility index (Phi) is 6.54. The van der Waals surface area contributed by atoms with Crippen LogP contribution >= 0.6 is 0 Å². The summed E-state index contributed by atoms with van der Waals surface area (Å²) in [7, 11) is 0. The molecule has 0 radical (unpaired) electrons. The largest absolute Gasteiger partial charge is 0.354 e. The van der Waals surface area contributed by atoms with Crippen LogP contribution in [0.5, 0.6) is 0 Å². The van der Waals surface area contributed by atoms with Gasteiger partial charge in [0.25, 0.3) is 0 Å². The Hall–Kier alpha value is -1.26. The van der Waals surface area contributed by atoms with Crippen molar-refractivity contribution in [3.63, 3.8) is 0 Å². The lowest BCUT2D eigenvalue weighted by molar-refractivity contribution is -0.121. The number of urea groups is 1. The van der Waals surface area contributed by atoms with E-state index in [4.69, 9.17) is 0 Å². The molecule has 1 aliphatic heterocycles. The smallest absolute Gasteiger partial charge is 0.317 e. The Bertz CT molecular complexity index is 275. The Labute approximate surface area is 109 Å². The first-order valence-electron chi connectivity index (χ1n) is 6.95. The first-order chi connectivity index (χ1) is 8.63. The number of carbonyl (C=O) groups excluding carboxylic acids is 2. The van der Waals surface area contributed by atoms with Crippen molar-refractivity contribution in [2.45, 2.75) is 52.0 Å². The van der Waals surface area contributed by atoms with E-state index in [0.29, 0.717) is 13.0 Å². The van der Waals surface area contributed by atoms with Crippen LogP contribution in [0.2, 0.25) is 0 Å². The summed E-state index contributed by atoms with van der Waals surface area (Å²) in [6, 6.07) is 0.168. The fraction of sp³-hybridized carbons (Fsp3) is 0.846. The van der Waals surface area contributed by atoms with Gasteiger partial charge in [0.05, 0.1) is 0 Å². The van der Waals surface area contributed by atoms with Crippen LogP contribution in [0.4, 0.5) is 4.79 Å². The summed E-state index contributed by atoms with van der Waals surface area (Å²) in [5, 5.41) is 5.68. The molecule has 0 bridgehead atoms. The topological polar surface area (TPSA) is 61.4 Å². The number of amides is 3. The van der Waals surface area contributed by atoms with Gasteiger partial charge in [0.15, 0.2) is 0 Å². The summed E-state index contributed by atoms with van der Waals surface area (Å²) in [6.45, 7) is 6.10. The minimum atomic E-state index is -0.0361. The number of likely N-dealkylation sites (tertiary alicyclic amines) is 1. The van der Waals surface area contributed by atoms with Crippen molar-refractivity contribution in [3.05, 3.63) is 0 Å². The molecule has 5 nitrogen and oxygen atoms in total. The molecule has 18 heavy (non-hydrogen) atoms. The highest BCUT2D eigenvalue weighted by molar-refractivity contribution is 5.78. The highest BCUT2D eigenvalue weighted by Gasteiger charge is 2.15. The minimum absolute atomic E-state index is 0.00305. The van der Waals surface area contributed by atoms with Gasteiger partial charge in [0, 0.05) is 32.1 Å². The summed E-state index contributed by atoms with van der Waals surface area (Å²) in [6.07, 6.45) is 4.65. The van der Waals surface area contributed by atoms with Crippen LogP contribution in [0, 0.1) is 0 Å². The summed E-state index contributed by atoms with van der Waals surface area (Å²) < 4.78 is 0. The number of hydrogen-bond donors (Lipinski definition) is 2. The predicted octanol–water partition coefficient (Wildman–Crippen LogP) is 1.49. The third-order valence-corrected chi connectivity index (χ3v) is 3.29. The molecule has 1 heterocycles. The summed E-state index contributed by atoms with van der Waals surface area (Å²) >= 11 is 0. The zero-order valence-corrected chi connectivity index (χ0v) is 11.5. The standard InChI is InChI=1S/C13H25N3O2/c1-3-11(2)15-12(17)7-8-14-13(18)16-9-5-4-6-10-16/h11H,3-10H2,1-2H3,(H,14,18)(H,15,17). The average molecular weight is 255 g/mol. The second-order valence-electron chi connectivity index (χ2n) is 4.91. The quantitative estimate of drug-likeness (QED) is 0.782. The molecular formula is C13H25N3O2. The molecule has 1 saturated heterocycles. The van der Waals surface area contributed by atoms with Crippen molar-refractivity contribution in [2.24, 2.45) is 0 Å². The van der Waals surface area contributed by atoms with E-state index >= 15 is 0 Å². The third-order valence-electron chi connectivity index (χ3n) is 3.29. The molecular weight excluding hydrogens is 230 g/mol. The van der Waals surface area contributed by atoms with Crippen molar-refractivity contribution >= 4 is 11.9 Å². The summed E-state index contributed by atoms with van der Waals surface area (Å²) in [5.41, 5.74) is 0. The molecule has 0 aromatic rings. The SMILES string of the molecule is CCC(C)NC(=O)CCNC(=O)N1CCCCC1. The van der Waals surface area contributed by atoms with Crippen LogP contribution in [0.3, 0.4) is 0 Å². The van der Waals surface area contributed by atoms with Crippen LogP contribution in [0.1, 0.15) is 46.0 Å². The molecule has 0 aromatic carbocycles. The molecule has 1 fully saturated rings. The molecule has 5 heteroatoms. The molecule has 1 atom stereocenters. The van der Waals surface area contributed by atoms with Crippen LogP contribution in [-0.4, -0.2) is 42.5 Å². The molecule has 104 valence electrons. The summed E-state index contributed by atoms with van der Waals surface area (Å²) in [4.78, 5) is 25.1. The van der Waals surface area contributed by atoms with Gasteiger partial charge in [-0.05, 0) is 32.6 Å². The second kappa shape index (κ2) is 7.95. The second-order valence-corrected chi connectivity index (χ2v) is 4.91. The van der Waals surface area contributed by atoms with E-state index in [2.05, 4.69) is 10.6 Å². The molecule has 2 N–H and O–H groups in total. The number of nitrogens with zero attached hydrogens (tertiary/aromatic N) is 1. The maximum atomic E-state index is 11.7. The lowest BCUT2D eigenvalue weighted by Gasteiger charge is -2.26. The number of piperidine rings is 1. The molecule has 1 rings (SSSR count). The number of nitrogens with one attached hydrogen (secondary N) is 2. The Balaban J connectivity index is 2.12. The number of hydrogen-bond acceptors (Lipinski definition) is 2. The monoisotopic (exact) mass is 255 g/mol. The maximum Gasteiger partial charge on any atom is 0.317 e. The van der Waals surface area contributed by atoms with Gasteiger partial charge in [0.2, 0.25) is 5.91 Å². The average Bonchev–Trinajstić information content (AvgIpc) is 2.39. The van der Waals surface area contributed by atoms with Crippen LogP contribution in [0.25, 0.3) is 0 Å². The van der Waals surface area contributed by atoms with Gasteiger partial charge in [-0.2, -0.15) is 0 Å². The minimum Gasteiger partial charge on any atom is -0.354 e. The molecule has 0 aliphatic carbocycles. The lowest BCUT2D eigenvalue weighted by atomic mass is 10.1. The summed E-state index contributed by atoms with van der Waals surface area (Å²) in [5.74, 6) is 0.00305. The van der Waals surface area contributed by atoms with Gasteiger partial charge < -0.3 is 15.5 Å². The maximum absolute atomic E-state index is 11.7. The van der Waals surface area contributed by atoms with E-state index in [1.54, 1.807) is 0 Å². The molecule has 0 aromatic heterocycles. The van der Waals surface area contributed by atoms with Gasteiger partial charge in [-0.25, -0.2) is 4.79 Å². The highest BCUT2D eigenvalue weighted by Crippen LogP contribution is 2.08. The predicted molar refractivity (Wildman–Crippen MR) is 71.3 cm³/mol. The van der Waals surface area contributed by atoms with Crippen molar-refractivity contribution in [1.82, 2.24) is 15.5 Å². The zero-order valence-electron chi connectivity index (χ0n) is 11.5. The number of rotatable bonds is 5. The molecule has 0 spiro atoms. The van der Waals surface area contributed by atoms with E-state index in [1.807, 2.05) is 18.7 Å². The van der Waals surface area contributed by atoms with Gasteiger partial charge in [-0.3, -0.25) is 4.79 Å². The Morgan fingerprint density at radius 3 is 2.50 bits per heavy atom. The normalized spacial score (nSPS) is 17.1. The number of carbonyl (C=O) groups is 2. The molecule has 1 aliphatic rings. The first kappa shape index (κ1) is 14.8. The van der Waals surface area contributed by atoms with Crippen LogP contribution < -0.4 is 10.6 Å². The molecule has 1 unspecified atom stereocenters. The van der Waals surface area contributed by atoms with Crippen LogP contribution in [0.15, 0.2) is 0 Å². The van der Waals surface area contributed by atoms with Crippen molar-refractivity contribution < 1.29 is 9.59 Å². The van der Waals surface area contributed by atoms with Crippen LogP contribution in [-0.2, 0) is 4.79 Å². The van der Waals surface area contributed by atoms with E-state index < -0.39 is 0 Å². The lowest BCUT2D eigenvalue weighted by Crippen LogP contribution is -2.44. The third kappa shape index (κ3) is 5.38. The first-order valence-corrected chi connectivity index (χ1v) is 6.95. The Morgan fingerprint density at radius 1 is 1.22 bits per heavy atom. The van der Waals surface area contributed by atoms with Gasteiger partial charge in [0.1, 0.15) is 0 Å². The van der Waals surface area contributed by atoms with Crippen molar-refractivity contribution in [3.8, 4) is 0 Å². The molecule has 3 amide bonds. The van der Waals surface area contributed by atoms with Crippen molar-refractivity contribution in [1.29, 1.82) is 0 Å². The van der Waals surface area contributed by atoms with E-state index in [1.165, 1.54) is 6.42 Å². The van der Waals surface area contributed by atoms with Crippen molar-refractivity contribution in [2.75, 3.05) is 19.6 Å². The highest BCUT2D eigenvalue weighted by atomic mass is 16.2. The Morgan fingerprint density at radius 2 is 1.89 bits per heavy atom. The van der Waals surface area contributed by atoms with Gasteiger partial charge >= 0.3 is 6.03 Å². The zero-order chi connectivity index (χ0) is 13.4. The van der Waals surface area contributed by atoms with E-state index in [-0.39, 0.29) is 18.0 Å². The van der Waals surface area contributed by atoms with Gasteiger partial charge in [-0.1, -0.05) is 6.92 Å².